The van der Waals surface area contributed by atoms with Gasteiger partial charge in [0.15, 0.2) is 0 Å². The van der Waals surface area contributed by atoms with E-state index in [1.54, 1.807) is 0 Å². The van der Waals surface area contributed by atoms with Crippen LogP contribution in [-0.2, 0) is 7.05 Å². The van der Waals surface area contributed by atoms with Crippen molar-refractivity contribution in [1.82, 2.24) is 20.1 Å². The third kappa shape index (κ3) is 1.84. The molecule has 0 aromatic carbocycles. The maximum Gasteiger partial charge on any atom is 0.0749 e. The van der Waals surface area contributed by atoms with Gasteiger partial charge in [-0.2, -0.15) is 5.10 Å². The predicted octanol–water partition coefficient (Wildman–Crippen LogP) is 1.43. The van der Waals surface area contributed by atoms with Crippen molar-refractivity contribution in [2.75, 3.05) is 7.05 Å². The third-order valence-corrected chi connectivity index (χ3v) is 2.82. The predicted molar refractivity (Wildman–Crippen MR) is 63.1 cm³/mol. The van der Waals surface area contributed by atoms with Gasteiger partial charge in [0, 0.05) is 25.6 Å². The fraction of sp³-hybridized carbons (Fsp3) is 0.333. The standard InChI is InChI=1S/C12H16N4/c1-9-8-14-6-4-10(9)12(13-2)11-5-7-15-16(11)3/h4-8,12-13H,1-3H3. The van der Waals surface area contributed by atoms with E-state index in [1.165, 1.54) is 11.1 Å². The van der Waals surface area contributed by atoms with Crippen molar-refractivity contribution in [2.45, 2.75) is 13.0 Å². The number of aromatic nitrogens is 3. The number of nitrogens with zero attached hydrogens (tertiary/aromatic N) is 3. The normalized spacial score (nSPS) is 12.7. The van der Waals surface area contributed by atoms with Crippen LogP contribution < -0.4 is 5.32 Å². The lowest BCUT2D eigenvalue weighted by Gasteiger charge is -2.18. The van der Waals surface area contributed by atoms with E-state index in [-0.39, 0.29) is 6.04 Å². The molecule has 0 fully saturated rings. The van der Waals surface area contributed by atoms with Crippen LogP contribution in [0.15, 0.2) is 30.7 Å². The minimum absolute atomic E-state index is 0.162. The average Bonchev–Trinajstić information content (AvgIpc) is 2.69. The van der Waals surface area contributed by atoms with Crippen LogP contribution in [0.2, 0.25) is 0 Å². The first kappa shape index (κ1) is 10.8. The quantitative estimate of drug-likeness (QED) is 0.844. The molecule has 4 heteroatoms. The van der Waals surface area contributed by atoms with Crippen LogP contribution in [0, 0.1) is 6.92 Å². The van der Waals surface area contributed by atoms with Crippen molar-refractivity contribution in [2.24, 2.45) is 7.05 Å². The Kier molecular flexibility index (Phi) is 3.01. The first-order valence-electron chi connectivity index (χ1n) is 5.29. The smallest absolute Gasteiger partial charge is 0.0749 e. The summed E-state index contributed by atoms with van der Waals surface area (Å²) in [6, 6.07) is 4.24. The van der Waals surface area contributed by atoms with Crippen molar-refractivity contribution in [3.05, 3.63) is 47.5 Å². The van der Waals surface area contributed by atoms with Gasteiger partial charge in [-0.25, -0.2) is 0 Å². The highest BCUT2D eigenvalue weighted by Crippen LogP contribution is 2.22. The number of hydrogen-bond acceptors (Lipinski definition) is 3. The molecule has 1 unspecified atom stereocenters. The Balaban J connectivity index is 2.45. The van der Waals surface area contributed by atoms with Crippen molar-refractivity contribution in [3.8, 4) is 0 Å². The molecule has 0 bridgehead atoms. The molecule has 0 amide bonds. The summed E-state index contributed by atoms with van der Waals surface area (Å²) in [6.45, 7) is 2.07. The monoisotopic (exact) mass is 216 g/mol. The summed E-state index contributed by atoms with van der Waals surface area (Å²) in [6.07, 6.45) is 5.52. The van der Waals surface area contributed by atoms with Gasteiger partial charge in [0.05, 0.1) is 11.7 Å². The molecule has 0 aliphatic carbocycles. The van der Waals surface area contributed by atoms with Crippen LogP contribution in [0.5, 0.6) is 0 Å². The van der Waals surface area contributed by atoms with Crippen LogP contribution in [0.25, 0.3) is 0 Å². The van der Waals surface area contributed by atoms with E-state index in [2.05, 4.69) is 22.3 Å². The zero-order chi connectivity index (χ0) is 11.5. The lowest BCUT2D eigenvalue weighted by atomic mass is 10.0. The van der Waals surface area contributed by atoms with Gasteiger partial charge in [-0.1, -0.05) is 0 Å². The Labute approximate surface area is 95.3 Å². The maximum absolute atomic E-state index is 4.20. The SMILES string of the molecule is CNC(c1ccncc1C)c1ccnn1C. The number of rotatable bonds is 3. The maximum atomic E-state index is 4.20. The van der Waals surface area contributed by atoms with Crippen molar-refractivity contribution in [1.29, 1.82) is 0 Å². The van der Waals surface area contributed by atoms with E-state index >= 15 is 0 Å². The number of aryl methyl sites for hydroxylation is 2. The molecular weight excluding hydrogens is 200 g/mol. The summed E-state index contributed by atoms with van der Waals surface area (Å²) < 4.78 is 1.89. The third-order valence-electron chi connectivity index (χ3n) is 2.82. The fourth-order valence-electron chi connectivity index (χ4n) is 1.94. The highest BCUT2D eigenvalue weighted by molar-refractivity contribution is 5.31. The molecule has 1 atom stereocenters. The molecule has 0 saturated carbocycles. The molecule has 84 valence electrons. The lowest BCUT2D eigenvalue weighted by Crippen LogP contribution is -2.21. The largest absolute Gasteiger partial charge is 0.308 e. The second-order valence-corrected chi connectivity index (χ2v) is 3.83. The van der Waals surface area contributed by atoms with Crippen molar-refractivity contribution in [3.63, 3.8) is 0 Å². The van der Waals surface area contributed by atoms with Gasteiger partial charge < -0.3 is 5.32 Å². The van der Waals surface area contributed by atoms with Gasteiger partial charge in [-0.3, -0.25) is 9.67 Å². The van der Waals surface area contributed by atoms with E-state index in [0.29, 0.717) is 0 Å². The lowest BCUT2D eigenvalue weighted by molar-refractivity contribution is 0.603. The van der Waals surface area contributed by atoms with E-state index in [9.17, 15) is 0 Å². The van der Waals surface area contributed by atoms with Crippen LogP contribution in [0.1, 0.15) is 22.9 Å². The number of hydrogen-bond donors (Lipinski definition) is 1. The van der Waals surface area contributed by atoms with Gasteiger partial charge in [0.1, 0.15) is 0 Å². The van der Waals surface area contributed by atoms with Gasteiger partial charge >= 0.3 is 0 Å². The summed E-state index contributed by atoms with van der Waals surface area (Å²) in [5.74, 6) is 0. The molecule has 0 aliphatic rings. The molecule has 2 aromatic heterocycles. The van der Waals surface area contributed by atoms with E-state index in [4.69, 9.17) is 0 Å². The molecular formula is C12H16N4. The first-order chi connectivity index (χ1) is 7.74. The Morgan fingerprint density at radius 1 is 1.31 bits per heavy atom. The minimum Gasteiger partial charge on any atom is -0.308 e. The van der Waals surface area contributed by atoms with Gasteiger partial charge in [-0.05, 0) is 37.2 Å². The molecule has 4 nitrogen and oxygen atoms in total. The molecule has 2 rings (SSSR count). The molecule has 0 aliphatic heterocycles. The second-order valence-electron chi connectivity index (χ2n) is 3.83. The molecule has 2 aromatic rings. The average molecular weight is 216 g/mol. The second kappa shape index (κ2) is 4.45. The molecule has 2 heterocycles. The van der Waals surface area contributed by atoms with E-state index < -0.39 is 0 Å². The van der Waals surface area contributed by atoms with Crippen LogP contribution in [-0.4, -0.2) is 21.8 Å². The summed E-state index contributed by atoms with van der Waals surface area (Å²) >= 11 is 0. The zero-order valence-corrected chi connectivity index (χ0v) is 9.81. The minimum atomic E-state index is 0.162. The number of pyridine rings is 1. The summed E-state index contributed by atoms with van der Waals surface area (Å²) in [5.41, 5.74) is 3.57. The summed E-state index contributed by atoms with van der Waals surface area (Å²) in [7, 11) is 3.91. The zero-order valence-electron chi connectivity index (χ0n) is 9.81. The van der Waals surface area contributed by atoms with Gasteiger partial charge in [0.25, 0.3) is 0 Å². The molecule has 0 radical (unpaired) electrons. The molecule has 16 heavy (non-hydrogen) atoms. The molecule has 1 N–H and O–H groups in total. The van der Waals surface area contributed by atoms with E-state index in [1.807, 2.05) is 49.5 Å². The van der Waals surface area contributed by atoms with Crippen LogP contribution >= 0.6 is 0 Å². The fourth-order valence-corrected chi connectivity index (χ4v) is 1.94. The molecule has 0 spiro atoms. The number of nitrogens with one attached hydrogen (secondary N) is 1. The Bertz CT molecular complexity index is 475. The van der Waals surface area contributed by atoms with Gasteiger partial charge in [0.2, 0.25) is 0 Å². The van der Waals surface area contributed by atoms with Crippen LogP contribution in [0.3, 0.4) is 0 Å². The first-order valence-corrected chi connectivity index (χ1v) is 5.29. The topological polar surface area (TPSA) is 42.7 Å². The van der Waals surface area contributed by atoms with E-state index in [0.717, 1.165) is 5.69 Å². The van der Waals surface area contributed by atoms with Gasteiger partial charge in [-0.15, -0.1) is 0 Å². The Hall–Kier alpha value is -1.68. The highest BCUT2D eigenvalue weighted by Gasteiger charge is 2.16. The Morgan fingerprint density at radius 2 is 2.12 bits per heavy atom. The van der Waals surface area contributed by atoms with Crippen molar-refractivity contribution >= 4 is 0 Å². The van der Waals surface area contributed by atoms with Crippen molar-refractivity contribution < 1.29 is 0 Å². The molecule has 0 saturated heterocycles. The summed E-state index contributed by atoms with van der Waals surface area (Å²) in [5, 5.41) is 7.52. The van der Waals surface area contributed by atoms with Crippen LogP contribution in [0.4, 0.5) is 0 Å². The Morgan fingerprint density at radius 3 is 2.69 bits per heavy atom. The highest BCUT2D eigenvalue weighted by atomic mass is 15.3. The summed E-state index contributed by atoms with van der Waals surface area (Å²) in [4.78, 5) is 4.12.